The van der Waals surface area contributed by atoms with Gasteiger partial charge in [-0.15, -0.1) is 0 Å². The lowest BCUT2D eigenvalue weighted by atomic mass is 9.62. The van der Waals surface area contributed by atoms with Gasteiger partial charge in [-0.1, -0.05) is 32.9 Å². The Morgan fingerprint density at radius 1 is 1.24 bits per heavy atom. The molecule has 0 aromatic heterocycles. The van der Waals surface area contributed by atoms with Crippen molar-refractivity contribution < 1.29 is 23.6 Å². The normalized spacial score (nSPS) is 25.8. The first-order valence-corrected chi connectivity index (χ1v) is 8.57. The maximum Gasteiger partial charge on any atom is 0.433 e. The highest BCUT2D eigenvalue weighted by atomic mass is 19.1. The minimum atomic E-state index is -1.15. The molecule has 1 aliphatic rings. The number of carbonyl (C=O) groups is 2. The number of nitrogens with one attached hydrogen (secondary N) is 2. The van der Waals surface area contributed by atoms with Crippen molar-refractivity contribution in [3.63, 3.8) is 0 Å². The molecular weight excluding hydrogens is 329 g/mol. The van der Waals surface area contributed by atoms with Crippen LogP contribution in [0.1, 0.15) is 60.3 Å². The first-order valence-electron chi connectivity index (χ1n) is 8.57. The minimum absolute atomic E-state index is 0.0285. The van der Waals surface area contributed by atoms with Crippen LogP contribution in [-0.2, 0) is 9.57 Å². The van der Waals surface area contributed by atoms with E-state index in [0.29, 0.717) is 19.4 Å². The van der Waals surface area contributed by atoms with Gasteiger partial charge in [0.25, 0.3) is 0 Å². The van der Waals surface area contributed by atoms with Gasteiger partial charge in [0, 0.05) is 12.6 Å². The Balaban J connectivity index is 2.66. The Bertz CT molecular complexity index is 510. The third-order valence-electron chi connectivity index (χ3n) is 4.41. The van der Waals surface area contributed by atoms with Crippen molar-refractivity contribution in [1.29, 1.82) is 0 Å². The summed E-state index contributed by atoms with van der Waals surface area (Å²) in [7, 11) is 0. The van der Waals surface area contributed by atoms with Crippen LogP contribution in [0.5, 0.6) is 0 Å². The van der Waals surface area contributed by atoms with Gasteiger partial charge in [0.05, 0.1) is 5.71 Å². The van der Waals surface area contributed by atoms with Crippen LogP contribution in [0.4, 0.5) is 14.0 Å². The molecule has 7 nitrogen and oxygen atoms in total. The molecule has 0 saturated heterocycles. The van der Waals surface area contributed by atoms with Crippen molar-refractivity contribution in [2.45, 2.75) is 66.3 Å². The molecule has 2 amide bonds. The van der Waals surface area contributed by atoms with Crippen LogP contribution in [0, 0.1) is 10.8 Å². The van der Waals surface area contributed by atoms with Crippen molar-refractivity contribution in [3.8, 4) is 0 Å². The van der Waals surface area contributed by atoms with Gasteiger partial charge < -0.3 is 15.4 Å². The molecule has 0 aromatic carbocycles. The maximum absolute atomic E-state index is 12.0. The molecule has 0 spiro atoms. The fourth-order valence-corrected chi connectivity index (χ4v) is 3.63. The Kier molecular flexibility index (Phi) is 7.63. The van der Waals surface area contributed by atoms with E-state index >= 15 is 0 Å². The summed E-state index contributed by atoms with van der Waals surface area (Å²) < 4.78 is 16.3. The van der Waals surface area contributed by atoms with Gasteiger partial charge in [-0.05, 0) is 43.4 Å². The Hall–Kier alpha value is -1.86. The molecule has 0 bridgehead atoms. The monoisotopic (exact) mass is 359 g/mol. The van der Waals surface area contributed by atoms with Crippen molar-refractivity contribution in [2.24, 2.45) is 16.0 Å². The third-order valence-corrected chi connectivity index (χ3v) is 4.41. The highest BCUT2D eigenvalue weighted by Crippen LogP contribution is 2.45. The quantitative estimate of drug-likeness (QED) is 0.429. The van der Waals surface area contributed by atoms with E-state index in [2.05, 4.69) is 34.4 Å². The molecule has 1 fully saturated rings. The molecule has 2 N–H and O–H groups in total. The van der Waals surface area contributed by atoms with Crippen molar-refractivity contribution in [3.05, 3.63) is 0 Å². The van der Waals surface area contributed by atoms with Gasteiger partial charge in [0.1, 0.15) is 0 Å². The zero-order valence-electron chi connectivity index (χ0n) is 15.8. The topological polar surface area (TPSA) is 89.0 Å². The number of carbonyl (C=O) groups excluding carboxylic acids is 2. The van der Waals surface area contributed by atoms with Crippen molar-refractivity contribution in [2.75, 3.05) is 13.4 Å². The van der Waals surface area contributed by atoms with E-state index in [9.17, 15) is 14.0 Å². The third kappa shape index (κ3) is 7.70. The lowest BCUT2D eigenvalue weighted by Gasteiger charge is -2.46. The van der Waals surface area contributed by atoms with Crippen LogP contribution >= 0.6 is 0 Å². The van der Waals surface area contributed by atoms with Gasteiger partial charge in [0.2, 0.25) is 6.86 Å². The molecule has 0 radical (unpaired) electrons. The average molecular weight is 359 g/mol. The summed E-state index contributed by atoms with van der Waals surface area (Å²) in [5.74, 6) is 0. The van der Waals surface area contributed by atoms with E-state index in [1.807, 2.05) is 13.8 Å². The number of amides is 2. The van der Waals surface area contributed by atoms with Gasteiger partial charge in [-0.25, -0.2) is 14.0 Å². The summed E-state index contributed by atoms with van der Waals surface area (Å²) in [4.78, 5) is 28.2. The van der Waals surface area contributed by atoms with E-state index < -0.39 is 19.0 Å². The Morgan fingerprint density at radius 2 is 1.92 bits per heavy atom. The second-order valence-corrected chi connectivity index (χ2v) is 7.85. The summed E-state index contributed by atoms with van der Waals surface area (Å²) in [5.41, 5.74) is 0.455. The van der Waals surface area contributed by atoms with Crippen LogP contribution < -0.4 is 10.6 Å². The van der Waals surface area contributed by atoms with E-state index in [4.69, 9.17) is 4.84 Å². The number of hydrogen-bond donors (Lipinski definition) is 2. The molecule has 0 heterocycles. The second-order valence-electron chi connectivity index (χ2n) is 7.85. The molecule has 144 valence electrons. The maximum atomic E-state index is 12.0. The Labute approximate surface area is 148 Å². The number of alkyl carbamates (subject to hydrolysis) is 1. The van der Waals surface area contributed by atoms with Crippen LogP contribution in [-0.4, -0.2) is 37.3 Å². The molecule has 25 heavy (non-hydrogen) atoms. The van der Waals surface area contributed by atoms with Crippen molar-refractivity contribution >= 4 is 17.9 Å². The summed E-state index contributed by atoms with van der Waals surface area (Å²) in [6.45, 7) is 9.17. The second kappa shape index (κ2) is 9.01. The lowest BCUT2D eigenvalue weighted by Crippen LogP contribution is -2.50. The summed E-state index contributed by atoms with van der Waals surface area (Å²) in [6, 6.07) is -0.0996. The molecule has 2 atom stereocenters. The molecule has 1 rings (SSSR count). The fourth-order valence-electron chi connectivity index (χ4n) is 3.63. The number of halogens is 1. The fraction of sp³-hybridized carbons (Fsp3) is 0.824. The summed E-state index contributed by atoms with van der Waals surface area (Å²) >= 11 is 0. The highest BCUT2D eigenvalue weighted by Gasteiger charge is 2.42. The van der Waals surface area contributed by atoms with Crippen LogP contribution in [0.3, 0.4) is 0 Å². The molecule has 8 heteroatoms. The molecule has 0 aliphatic heterocycles. The summed E-state index contributed by atoms with van der Waals surface area (Å²) in [5, 5.41) is 9.19. The smallest absolute Gasteiger partial charge is 0.418 e. The standard InChI is InChI=1S/C17H30FN3O4/c1-6-12(2)21-25-15(23)20-13-7-16(3,4)9-17(5,8-13)10-19-14(22)24-11-18/h13H,6-11H2,1-5H3,(H,19,22)(H,20,23). The van der Waals surface area contributed by atoms with Gasteiger partial charge in [-0.3, -0.25) is 4.84 Å². The predicted molar refractivity (Wildman–Crippen MR) is 93.0 cm³/mol. The SMILES string of the molecule is CCC(C)=NOC(=O)NC1CC(C)(C)CC(C)(CNC(=O)OCF)C1. The number of hydrogen-bond acceptors (Lipinski definition) is 5. The van der Waals surface area contributed by atoms with Crippen LogP contribution in [0.2, 0.25) is 0 Å². The number of oxime groups is 1. The zero-order valence-corrected chi connectivity index (χ0v) is 15.8. The first kappa shape index (κ1) is 21.2. The number of ether oxygens (including phenoxy) is 1. The first-order chi connectivity index (χ1) is 11.6. The van der Waals surface area contributed by atoms with Gasteiger partial charge in [0.15, 0.2) is 0 Å². The summed E-state index contributed by atoms with van der Waals surface area (Å²) in [6.07, 6.45) is 1.67. The average Bonchev–Trinajstić information content (AvgIpc) is 2.49. The zero-order chi connectivity index (χ0) is 19.1. The molecular formula is C17H30FN3O4. The number of alkyl halides is 1. The van der Waals surface area contributed by atoms with E-state index in [-0.39, 0.29) is 16.9 Å². The molecule has 1 saturated carbocycles. The van der Waals surface area contributed by atoms with E-state index in [1.54, 1.807) is 6.92 Å². The number of nitrogens with zero attached hydrogens (tertiary/aromatic N) is 1. The lowest BCUT2D eigenvalue weighted by molar-refractivity contribution is 0.0576. The van der Waals surface area contributed by atoms with E-state index in [0.717, 1.165) is 18.6 Å². The van der Waals surface area contributed by atoms with Crippen LogP contribution in [0.25, 0.3) is 0 Å². The Morgan fingerprint density at radius 3 is 2.52 bits per heavy atom. The van der Waals surface area contributed by atoms with E-state index in [1.165, 1.54) is 0 Å². The molecule has 0 aromatic rings. The highest BCUT2D eigenvalue weighted by molar-refractivity contribution is 5.81. The predicted octanol–water partition coefficient (Wildman–Crippen LogP) is 3.74. The molecule has 1 aliphatic carbocycles. The molecule has 2 unspecified atom stereocenters. The van der Waals surface area contributed by atoms with Gasteiger partial charge >= 0.3 is 12.2 Å². The number of rotatable bonds is 6. The largest absolute Gasteiger partial charge is 0.433 e. The minimum Gasteiger partial charge on any atom is -0.418 e. The van der Waals surface area contributed by atoms with Crippen LogP contribution in [0.15, 0.2) is 5.16 Å². The van der Waals surface area contributed by atoms with Crippen molar-refractivity contribution in [1.82, 2.24) is 10.6 Å². The van der Waals surface area contributed by atoms with Gasteiger partial charge in [-0.2, -0.15) is 0 Å².